The lowest BCUT2D eigenvalue weighted by Gasteiger charge is -2.10. The molecule has 2 nitrogen and oxygen atoms in total. The fourth-order valence-corrected chi connectivity index (χ4v) is 2.69. The van der Waals surface area contributed by atoms with Crippen LogP contribution in [0, 0.1) is 16.3 Å². The summed E-state index contributed by atoms with van der Waals surface area (Å²) in [6.07, 6.45) is 0. The number of carbonyl (C=O) groups excluding carboxylic acids is 1. The average molecular weight is 434 g/mol. The molecule has 0 spiro atoms. The Balaban J connectivity index is 2.28. The highest BCUT2D eigenvalue weighted by Crippen LogP contribution is 2.26. The van der Waals surface area contributed by atoms with Crippen molar-refractivity contribution in [2.45, 2.75) is 6.92 Å². The average Bonchev–Trinajstić information content (AvgIpc) is 2.34. The molecule has 0 unspecified atom stereocenters. The van der Waals surface area contributed by atoms with Gasteiger partial charge in [-0.25, -0.2) is 4.39 Å². The molecule has 1 amide bonds. The molecule has 0 saturated heterocycles. The van der Waals surface area contributed by atoms with Crippen LogP contribution in [0.25, 0.3) is 0 Å². The number of halogens is 3. The van der Waals surface area contributed by atoms with Crippen LogP contribution < -0.4 is 5.32 Å². The van der Waals surface area contributed by atoms with Gasteiger partial charge in [-0.2, -0.15) is 0 Å². The van der Waals surface area contributed by atoms with E-state index in [1.807, 2.05) is 47.7 Å². The number of carbonyl (C=O) groups is 1. The summed E-state index contributed by atoms with van der Waals surface area (Å²) in [5.41, 5.74) is 2.19. The van der Waals surface area contributed by atoms with E-state index in [1.54, 1.807) is 0 Å². The van der Waals surface area contributed by atoms with Crippen LogP contribution in [-0.4, -0.2) is 5.91 Å². The van der Waals surface area contributed by atoms with Crippen LogP contribution in [0.15, 0.2) is 40.9 Å². The quantitative estimate of drug-likeness (QED) is 0.680. The summed E-state index contributed by atoms with van der Waals surface area (Å²) in [4.78, 5) is 12.2. The number of benzene rings is 2. The molecule has 2 aromatic carbocycles. The molecule has 0 saturated carbocycles. The Morgan fingerprint density at radius 3 is 2.74 bits per heavy atom. The molecule has 0 aliphatic carbocycles. The first-order valence-electron chi connectivity index (χ1n) is 5.50. The van der Waals surface area contributed by atoms with Crippen LogP contribution in [0.1, 0.15) is 15.9 Å². The Morgan fingerprint density at radius 1 is 1.32 bits per heavy atom. The molecule has 0 bridgehead atoms. The zero-order chi connectivity index (χ0) is 14.0. The van der Waals surface area contributed by atoms with Crippen molar-refractivity contribution in [2.75, 3.05) is 5.32 Å². The Labute approximate surface area is 132 Å². The Hall–Kier alpha value is -0.950. The number of amides is 1. The van der Waals surface area contributed by atoms with Gasteiger partial charge in [0.2, 0.25) is 0 Å². The van der Waals surface area contributed by atoms with Crippen molar-refractivity contribution in [1.29, 1.82) is 0 Å². The maximum absolute atomic E-state index is 13.0. The second-order valence-electron chi connectivity index (χ2n) is 4.01. The first-order valence-corrected chi connectivity index (χ1v) is 7.37. The molecule has 2 rings (SSSR count). The van der Waals surface area contributed by atoms with Crippen LogP contribution >= 0.6 is 38.5 Å². The van der Waals surface area contributed by atoms with Gasteiger partial charge in [-0.1, -0.05) is 12.1 Å². The second kappa shape index (κ2) is 6.00. The zero-order valence-electron chi connectivity index (χ0n) is 10.0. The number of anilines is 1. The molecule has 0 aliphatic heterocycles. The molecular formula is C14H10BrFINO. The number of hydrogen-bond donors (Lipinski definition) is 1. The first-order chi connectivity index (χ1) is 8.99. The summed E-state index contributed by atoms with van der Waals surface area (Å²) >= 11 is 5.38. The van der Waals surface area contributed by atoms with Crippen LogP contribution in [0.4, 0.5) is 10.1 Å². The van der Waals surface area contributed by atoms with Crippen molar-refractivity contribution in [3.05, 3.63) is 61.4 Å². The largest absolute Gasteiger partial charge is 0.321 e. The molecule has 5 heteroatoms. The van der Waals surface area contributed by atoms with E-state index in [0.29, 0.717) is 14.8 Å². The van der Waals surface area contributed by atoms with Gasteiger partial charge in [0.1, 0.15) is 5.82 Å². The minimum Gasteiger partial charge on any atom is -0.321 e. The number of rotatable bonds is 2. The highest BCUT2D eigenvalue weighted by molar-refractivity contribution is 14.1. The van der Waals surface area contributed by atoms with Crippen LogP contribution in [0.2, 0.25) is 0 Å². The predicted octanol–water partition coefficient (Wildman–Crippen LogP) is 4.75. The third-order valence-corrected chi connectivity index (χ3v) is 4.56. The standard InChI is InChI=1S/C14H10BrFINO/c1-8-3-2-4-12(13(8)15)18-14(19)10-6-5-9(16)7-11(10)17/h2-7H,1H3,(H,18,19). The zero-order valence-corrected chi connectivity index (χ0v) is 13.7. The Morgan fingerprint density at radius 2 is 2.05 bits per heavy atom. The fraction of sp³-hybridized carbons (Fsp3) is 0.0714. The van der Waals surface area contributed by atoms with Gasteiger partial charge >= 0.3 is 0 Å². The lowest BCUT2D eigenvalue weighted by Crippen LogP contribution is -2.14. The monoisotopic (exact) mass is 433 g/mol. The summed E-state index contributed by atoms with van der Waals surface area (Å²) in [5, 5.41) is 2.81. The van der Waals surface area contributed by atoms with Gasteiger partial charge in [-0.3, -0.25) is 4.79 Å². The van der Waals surface area contributed by atoms with Crippen molar-refractivity contribution in [3.63, 3.8) is 0 Å². The van der Waals surface area contributed by atoms with E-state index in [2.05, 4.69) is 21.2 Å². The van der Waals surface area contributed by atoms with Gasteiger partial charge in [0.25, 0.3) is 5.91 Å². The second-order valence-corrected chi connectivity index (χ2v) is 5.97. The molecule has 0 fully saturated rings. The van der Waals surface area contributed by atoms with Crippen molar-refractivity contribution in [2.24, 2.45) is 0 Å². The van der Waals surface area contributed by atoms with E-state index in [9.17, 15) is 9.18 Å². The summed E-state index contributed by atoms with van der Waals surface area (Å²) in [5.74, 6) is -0.603. The molecular weight excluding hydrogens is 424 g/mol. The fourth-order valence-electron chi connectivity index (χ4n) is 1.61. The van der Waals surface area contributed by atoms with Crippen molar-refractivity contribution < 1.29 is 9.18 Å². The Kier molecular flexibility index (Phi) is 4.57. The highest BCUT2D eigenvalue weighted by atomic mass is 127. The van der Waals surface area contributed by atoms with Gasteiger partial charge in [0.15, 0.2) is 0 Å². The molecule has 0 aliphatic rings. The highest BCUT2D eigenvalue weighted by Gasteiger charge is 2.12. The molecule has 0 radical (unpaired) electrons. The third-order valence-electron chi connectivity index (χ3n) is 2.62. The first kappa shape index (κ1) is 14.5. The summed E-state index contributed by atoms with van der Waals surface area (Å²) in [7, 11) is 0. The number of aryl methyl sites for hydroxylation is 1. The van der Waals surface area contributed by atoms with Crippen LogP contribution in [-0.2, 0) is 0 Å². The van der Waals surface area contributed by atoms with Crippen molar-refractivity contribution in [3.8, 4) is 0 Å². The summed E-state index contributed by atoms with van der Waals surface area (Å²) in [6, 6.07) is 9.72. The van der Waals surface area contributed by atoms with E-state index >= 15 is 0 Å². The minimum absolute atomic E-state index is 0.254. The van der Waals surface area contributed by atoms with Crippen LogP contribution in [0.3, 0.4) is 0 Å². The molecule has 1 N–H and O–H groups in total. The van der Waals surface area contributed by atoms with Crippen molar-refractivity contribution >= 4 is 50.1 Å². The topological polar surface area (TPSA) is 29.1 Å². The van der Waals surface area contributed by atoms with Gasteiger partial charge in [0.05, 0.1) is 11.3 Å². The van der Waals surface area contributed by atoms with E-state index < -0.39 is 0 Å². The molecule has 98 valence electrons. The lowest BCUT2D eigenvalue weighted by atomic mass is 10.2. The van der Waals surface area contributed by atoms with Gasteiger partial charge < -0.3 is 5.32 Å². The maximum Gasteiger partial charge on any atom is 0.256 e. The minimum atomic E-state index is -0.349. The lowest BCUT2D eigenvalue weighted by molar-refractivity contribution is 0.102. The molecule has 0 heterocycles. The SMILES string of the molecule is Cc1cccc(NC(=O)c2ccc(F)cc2I)c1Br. The van der Waals surface area contributed by atoms with E-state index in [0.717, 1.165) is 10.0 Å². The van der Waals surface area contributed by atoms with E-state index in [1.165, 1.54) is 18.2 Å². The Bertz CT molecular complexity index is 645. The van der Waals surface area contributed by atoms with Crippen molar-refractivity contribution in [1.82, 2.24) is 0 Å². The molecule has 19 heavy (non-hydrogen) atoms. The maximum atomic E-state index is 13.0. The molecule has 2 aromatic rings. The van der Waals surface area contributed by atoms with Gasteiger partial charge in [-0.05, 0) is 75.3 Å². The smallest absolute Gasteiger partial charge is 0.256 e. The normalized spacial score (nSPS) is 10.3. The molecule has 0 aromatic heterocycles. The summed E-state index contributed by atoms with van der Waals surface area (Å²) in [6.45, 7) is 1.95. The van der Waals surface area contributed by atoms with Crippen LogP contribution in [0.5, 0.6) is 0 Å². The van der Waals surface area contributed by atoms with E-state index in [4.69, 9.17) is 0 Å². The number of nitrogens with one attached hydrogen (secondary N) is 1. The third kappa shape index (κ3) is 3.33. The predicted molar refractivity (Wildman–Crippen MR) is 85.9 cm³/mol. The van der Waals surface area contributed by atoms with Gasteiger partial charge in [-0.15, -0.1) is 0 Å². The van der Waals surface area contributed by atoms with Gasteiger partial charge in [0, 0.05) is 8.04 Å². The molecule has 0 atom stereocenters. The summed E-state index contributed by atoms with van der Waals surface area (Å²) < 4.78 is 14.4. The van der Waals surface area contributed by atoms with E-state index in [-0.39, 0.29) is 11.7 Å². The number of hydrogen-bond acceptors (Lipinski definition) is 1.